The first kappa shape index (κ1) is 25.1. The lowest BCUT2D eigenvalue weighted by Crippen LogP contribution is -2.22. The summed E-state index contributed by atoms with van der Waals surface area (Å²) in [5.74, 6) is -1.56. The molecule has 3 rings (SSSR count). The van der Waals surface area contributed by atoms with E-state index in [1.807, 2.05) is 48.5 Å². The molecule has 3 aromatic rings. The van der Waals surface area contributed by atoms with Gasteiger partial charge in [0.05, 0.1) is 19.8 Å². The third-order valence-electron chi connectivity index (χ3n) is 4.92. The van der Waals surface area contributed by atoms with Crippen molar-refractivity contribution in [3.8, 4) is 17.2 Å². The average Bonchev–Trinajstić information content (AvgIpc) is 2.87. The Morgan fingerprint density at radius 2 is 1.49 bits per heavy atom. The predicted octanol–water partition coefficient (Wildman–Crippen LogP) is 2.95. The fourth-order valence-corrected chi connectivity index (χ4v) is 3.30. The highest BCUT2D eigenvalue weighted by atomic mass is 16.5. The van der Waals surface area contributed by atoms with Crippen LogP contribution in [-0.2, 0) is 20.7 Å². The summed E-state index contributed by atoms with van der Waals surface area (Å²) in [6.45, 7) is -0.897. The Labute approximate surface area is 202 Å². The zero-order valence-electron chi connectivity index (χ0n) is 19.4. The molecule has 0 radical (unpaired) electrons. The summed E-state index contributed by atoms with van der Waals surface area (Å²) in [5.41, 5.74) is 7.86. The molecule has 182 valence electrons. The number of para-hydroxylation sites is 1. The molecular formula is C26H26N2O7. The number of hydrogen-bond donors (Lipinski definition) is 2. The van der Waals surface area contributed by atoms with Gasteiger partial charge in [0.15, 0.2) is 24.7 Å². The number of benzene rings is 3. The Morgan fingerprint density at radius 1 is 0.857 bits per heavy atom. The molecule has 0 aliphatic heterocycles. The molecule has 35 heavy (non-hydrogen) atoms. The second-order valence-corrected chi connectivity index (χ2v) is 7.41. The van der Waals surface area contributed by atoms with Gasteiger partial charge in [-0.3, -0.25) is 9.59 Å². The lowest BCUT2D eigenvalue weighted by atomic mass is 10.0. The number of esters is 1. The third-order valence-corrected chi connectivity index (χ3v) is 4.92. The maximum absolute atomic E-state index is 12.6. The van der Waals surface area contributed by atoms with Crippen LogP contribution in [0.3, 0.4) is 0 Å². The Kier molecular flexibility index (Phi) is 8.66. The minimum atomic E-state index is -0.768. The number of primary amides is 1. The van der Waals surface area contributed by atoms with E-state index in [0.717, 1.165) is 11.1 Å². The molecule has 0 heterocycles. The van der Waals surface area contributed by atoms with Crippen LogP contribution in [0.25, 0.3) is 0 Å². The zero-order valence-corrected chi connectivity index (χ0v) is 19.4. The normalized spacial score (nSPS) is 10.2. The van der Waals surface area contributed by atoms with E-state index in [0.29, 0.717) is 12.1 Å². The van der Waals surface area contributed by atoms with Crippen molar-refractivity contribution in [1.29, 1.82) is 0 Å². The molecule has 2 amide bonds. The van der Waals surface area contributed by atoms with Gasteiger partial charge in [0.2, 0.25) is 5.75 Å². The fraction of sp³-hybridized carbons (Fsp3) is 0.192. The van der Waals surface area contributed by atoms with Crippen LogP contribution in [0.4, 0.5) is 5.69 Å². The summed E-state index contributed by atoms with van der Waals surface area (Å²) in [7, 11) is 2.72. The van der Waals surface area contributed by atoms with Gasteiger partial charge in [-0.2, -0.15) is 0 Å². The van der Waals surface area contributed by atoms with Gasteiger partial charge in [0.1, 0.15) is 0 Å². The zero-order chi connectivity index (χ0) is 25.2. The lowest BCUT2D eigenvalue weighted by molar-refractivity contribution is -0.120. The van der Waals surface area contributed by atoms with Gasteiger partial charge in [0, 0.05) is 5.69 Å². The number of anilines is 1. The summed E-state index contributed by atoms with van der Waals surface area (Å²) in [5, 5.41) is 2.79. The summed E-state index contributed by atoms with van der Waals surface area (Å²) >= 11 is 0. The molecule has 0 unspecified atom stereocenters. The third kappa shape index (κ3) is 6.97. The minimum absolute atomic E-state index is 0.0717. The number of ether oxygens (including phenoxy) is 4. The monoisotopic (exact) mass is 478 g/mol. The lowest BCUT2D eigenvalue weighted by Gasteiger charge is -2.15. The number of carbonyl (C=O) groups is 3. The number of nitrogens with one attached hydrogen (secondary N) is 1. The van der Waals surface area contributed by atoms with Gasteiger partial charge in [-0.1, -0.05) is 48.5 Å². The molecule has 0 aromatic heterocycles. The molecule has 9 heteroatoms. The van der Waals surface area contributed by atoms with Crippen molar-refractivity contribution < 1.29 is 33.3 Å². The van der Waals surface area contributed by atoms with Crippen LogP contribution in [0.15, 0.2) is 66.7 Å². The highest BCUT2D eigenvalue weighted by molar-refractivity contribution is 5.96. The molecule has 3 aromatic carbocycles. The highest BCUT2D eigenvalue weighted by Gasteiger charge is 2.20. The van der Waals surface area contributed by atoms with Gasteiger partial charge in [-0.15, -0.1) is 0 Å². The van der Waals surface area contributed by atoms with E-state index in [1.165, 1.54) is 26.4 Å². The van der Waals surface area contributed by atoms with Gasteiger partial charge in [-0.05, 0) is 35.7 Å². The van der Waals surface area contributed by atoms with Crippen molar-refractivity contribution in [2.45, 2.75) is 6.42 Å². The van der Waals surface area contributed by atoms with Crippen LogP contribution in [0.5, 0.6) is 17.2 Å². The first-order chi connectivity index (χ1) is 16.9. The Bertz CT molecular complexity index is 1170. The molecule has 9 nitrogen and oxygen atoms in total. The standard InChI is InChI=1S/C26H26N2O7/c1-32-21-13-19(14-22(33-2)25(21)34-15-23(27)29)26(31)35-16-24(30)28-20-11-7-6-10-18(20)12-17-8-4-3-5-9-17/h3-11,13-14H,12,15-16H2,1-2H3,(H2,27,29)(H,28,30). The van der Waals surface area contributed by atoms with Crippen LogP contribution < -0.4 is 25.3 Å². The second-order valence-electron chi connectivity index (χ2n) is 7.41. The molecule has 3 N–H and O–H groups in total. The van der Waals surface area contributed by atoms with Crippen LogP contribution in [0.1, 0.15) is 21.5 Å². The van der Waals surface area contributed by atoms with Crippen molar-refractivity contribution in [2.24, 2.45) is 5.73 Å². The number of methoxy groups -OCH3 is 2. The summed E-state index contributed by atoms with van der Waals surface area (Å²) in [4.78, 5) is 36.1. The fourth-order valence-electron chi connectivity index (χ4n) is 3.30. The van der Waals surface area contributed by atoms with Crippen LogP contribution in [0, 0.1) is 0 Å². The number of nitrogens with two attached hydrogens (primary N) is 1. The molecule has 0 aliphatic carbocycles. The summed E-state index contributed by atoms with van der Waals surface area (Å²) in [6.07, 6.45) is 0.640. The van der Waals surface area contributed by atoms with E-state index in [1.54, 1.807) is 6.07 Å². The molecule has 0 aliphatic rings. The molecule has 0 spiro atoms. The molecule has 0 saturated heterocycles. The van der Waals surface area contributed by atoms with E-state index >= 15 is 0 Å². The second kappa shape index (κ2) is 12.1. The quantitative estimate of drug-likeness (QED) is 0.406. The largest absolute Gasteiger partial charge is 0.493 e. The molecule has 0 fully saturated rings. The van der Waals surface area contributed by atoms with E-state index in [9.17, 15) is 14.4 Å². The predicted molar refractivity (Wildman–Crippen MR) is 129 cm³/mol. The Balaban J connectivity index is 1.66. The minimum Gasteiger partial charge on any atom is -0.493 e. The van der Waals surface area contributed by atoms with Crippen molar-refractivity contribution in [3.63, 3.8) is 0 Å². The summed E-state index contributed by atoms with van der Waals surface area (Å²) < 4.78 is 21.0. The van der Waals surface area contributed by atoms with Crippen molar-refractivity contribution in [3.05, 3.63) is 83.4 Å². The van der Waals surface area contributed by atoms with Crippen LogP contribution in [-0.4, -0.2) is 45.2 Å². The maximum atomic E-state index is 12.6. The molecule has 0 saturated carbocycles. The van der Waals surface area contributed by atoms with Gasteiger partial charge in [0.25, 0.3) is 11.8 Å². The van der Waals surface area contributed by atoms with E-state index in [4.69, 9.17) is 24.7 Å². The maximum Gasteiger partial charge on any atom is 0.338 e. The Morgan fingerprint density at radius 3 is 2.11 bits per heavy atom. The van der Waals surface area contributed by atoms with Crippen LogP contribution >= 0.6 is 0 Å². The first-order valence-electron chi connectivity index (χ1n) is 10.7. The summed E-state index contributed by atoms with van der Waals surface area (Å²) in [6, 6.07) is 20.0. The van der Waals surface area contributed by atoms with Crippen molar-refractivity contribution in [1.82, 2.24) is 0 Å². The molecular weight excluding hydrogens is 452 g/mol. The van der Waals surface area contributed by atoms with Crippen molar-refractivity contribution in [2.75, 3.05) is 32.8 Å². The van der Waals surface area contributed by atoms with Gasteiger partial charge in [-0.25, -0.2) is 4.79 Å². The van der Waals surface area contributed by atoms with E-state index in [2.05, 4.69) is 5.32 Å². The van der Waals surface area contributed by atoms with Gasteiger partial charge < -0.3 is 30.0 Å². The highest BCUT2D eigenvalue weighted by Crippen LogP contribution is 2.38. The number of amides is 2. The average molecular weight is 479 g/mol. The SMILES string of the molecule is COc1cc(C(=O)OCC(=O)Nc2ccccc2Cc2ccccc2)cc(OC)c1OCC(N)=O. The first-order valence-corrected chi connectivity index (χ1v) is 10.7. The Hall–Kier alpha value is -4.53. The smallest absolute Gasteiger partial charge is 0.338 e. The number of rotatable bonds is 11. The van der Waals surface area contributed by atoms with Crippen molar-refractivity contribution >= 4 is 23.5 Å². The van der Waals surface area contributed by atoms with E-state index < -0.39 is 31.0 Å². The number of carbonyl (C=O) groups excluding carboxylic acids is 3. The van der Waals surface area contributed by atoms with Crippen LogP contribution in [0.2, 0.25) is 0 Å². The van der Waals surface area contributed by atoms with Gasteiger partial charge >= 0.3 is 5.97 Å². The topological polar surface area (TPSA) is 126 Å². The van der Waals surface area contributed by atoms with E-state index in [-0.39, 0.29) is 22.8 Å². The molecule has 0 atom stereocenters. The number of hydrogen-bond acceptors (Lipinski definition) is 7. The molecule has 0 bridgehead atoms.